The molecule has 7 nitrogen and oxygen atoms in total. The zero-order valence-electron chi connectivity index (χ0n) is 15.3. The Morgan fingerprint density at radius 1 is 1.07 bits per heavy atom. The van der Waals surface area contributed by atoms with Crippen LogP contribution in [0.15, 0.2) is 47.6 Å². The molecule has 1 spiro atoms. The molecule has 8 heteroatoms. The van der Waals surface area contributed by atoms with Crippen molar-refractivity contribution < 1.29 is 23.9 Å². The number of hydrogen-bond donors (Lipinski definition) is 0. The minimum atomic E-state index is -1.33. The number of halogens is 1. The van der Waals surface area contributed by atoms with Crippen LogP contribution < -0.4 is 14.4 Å². The molecule has 28 heavy (non-hydrogen) atoms. The van der Waals surface area contributed by atoms with Crippen molar-refractivity contribution >= 4 is 34.8 Å². The molecule has 4 rings (SSSR count). The fourth-order valence-electron chi connectivity index (χ4n) is 3.45. The lowest BCUT2D eigenvalue weighted by Gasteiger charge is -2.19. The van der Waals surface area contributed by atoms with Gasteiger partial charge >= 0.3 is 0 Å². The second kappa shape index (κ2) is 6.83. The van der Waals surface area contributed by atoms with Crippen LogP contribution in [-0.2, 0) is 14.4 Å². The molecule has 2 heterocycles. The van der Waals surface area contributed by atoms with E-state index in [1.807, 2.05) is 0 Å². The van der Waals surface area contributed by atoms with Gasteiger partial charge in [-0.05, 0) is 36.4 Å². The predicted molar refractivity (Wildman–Crippen MR) is 103 cm³/mol. The Kier molecular flexibility index (Phi) is 4.47. The number of benzene rings is 2. The minimum Gasteiger partial charge on any atom is -0.493 e. The van der Waals surface area contributed by atoms with E-state index in [1.54, 1.807) is 49.6 Å². The zero-order chi connectivity index (χ0) is 19.9. The van der Waals surface area contributed by atoms with Crippen LogP contribution in [0.5, 0.6) is 11.5 Å². The average Bonchev–Trinajstić information content (AvgIpc) is 3.22. The summed E-state index contributed by atoms with van der Waals surface area (Å²) >= 11 is 6.00. The van der Waals surface area contributed by atoms with Gasteiger partial charge in [-0.3, -0.25) is 9.59 Å². The lowest BCUT2D eigenvalue weighted by Crippen LogP contribution is -2.40. The molecule has 0 aromatic heterocycles. The SMILES string of the molecule is COc1ccc(C2=NO[C@@]3(CC(=O)N(c4cccc(Cl)c4)C3=O)C2)cc1OC. The third kappa shape index (κ3) is 2.88. The first-order chi connectivity index (χ1) is 13.5. The number of carbonyl (C=O) groups excluding carboxylic acids is 2. The van der Waals surface area contributed by atoms with Crippen LogP contribution >= 0.6 is 11.6 Å². The molecule has 2 aromatic rings. The van der Waals surface area contributed by atoms with E-state index in [4.69, 9.17) is 25.9 Å². The van der Waals surface area contributed by atoms with E-state index in [0.717, 1.165) is 10.5 Å². The van der Waals surface area contributed by atoms with E-state index in [9.17, 15) is 9.59 Å². The van der Waals surface area contributed by atoms with Crippen molar-refractivity contribution in [3.63, 3.8) is 0 Å². The van der Waals surface area contributed by atoms with E-state index in [0.29, 0.717) is 27.9 Å². The Morgan fingerprint density at radius 2 is 1.86 bits per heavy atom. The Balaban J connectivity index is 1.61. The second-order valence-electron chi connectivity index (χ2n) is 6.56. The molecular weight excluding hydrogens is 384 g/mol. The van der Waals surface area contributed by atoms with E-state index < -0.39 is 11.5 Å². The van der Waals surface area contributed by atoms with E-state index in [-0.39, 0.29) is 18.7 Å². The number of carbonyl (C=O) groups is 2. The molecule has 2 aromatic carbocycles. The second-order valence-corrected chi connectivity index (χ2v) is 7.00. The number of ether oxygens (including phenoxy) is 2. The van der Waals surface area contributed by atoms with Gasteiger partial charge in [0.15, 0.2) is 11.5 Å². The van der Waals surface area contributed by atoms with Crippen LogP contribution in [-0.4, -0.2) is 37.3 Å². The maximum Gasteiger partial charge on any atom is 0.281 e. The standard InChI is InChI=1S/C20H17ClN2O5/c1-26-16-7-6-12(8-17(16)27-2)15-10-20(28-22-15)11-18(24)23(19(20)25)14-5-3-4-13(21)9-14/h3-9H,10-11H2,1-2H3/t20-/m1/s1. The van der Waals surface area contributed by atoms with Crippen LogP contribution in [0.1, 0.15) is 18.4 Å². The summed E-state index contributed by atoms with van der Waals surface area (Å²) < 4.78 is 10.6. The van der Waals surface area contributed by atoms with E-state index >= 15 is 0 Å². The number of anilines is 1. The van der Waals surface area contributed by atoms with Crippen LogP contribution in [0, 0.1) is 0 Å². The van der Waals surface area contributed by atoms with Gasteiger partial charge in [0, 0.05) is 17.0 Å². The molecule has 1 fully saturated rings. The molecule has 0 bridgehead atoms. The minimum absolute atomic E-state index is 0.0847. The molecule has 0 unspecified atom stereocenters. The number of amides is 2. The summed E-state index contributed by atoms with van der Waals surface area (Å²) in [5.41, 5.74) is 0.385. The van der Waals surface area contributed by atoms with E-state index in [2.05, 4.69) is 5.16 Å². The molecule has 0 N–H and O–H groups in total. The molecule has 2 aliphatic rings. The van der Waals surface area contributed by atoms with Crippen LogP contribution in [0.2, 0.25) is 5.02 Å². The fraction of sp³-hybridized carbons (Fsp3) is 0.250. The first-order valence-corrected chi connectivity index (χ1v) is 8.95. The van der Waals surface area contributed by atoms with Crippen LogP contribution in [0.4, 0.5) is 5.69 Å². The normalized spacial score (nSPS) is 21.1. The highest BCUT2D eigenvalue weighted by molar-refractivity contribution is 6.31. The van der Waals surface area contributed by atoms with Crippen molar-refractivity contribution in [3.05, 3.63) is 53.1 Å². The van der Waals surface area contributed by atoms with Gasteiger partial charge in [0.2, 0.25) is 11.5 Å². The molecule has 2 amide bonds. The van der Waals surface area contributed by atoms with Gasteiger partial charge < -0.3 is 14.3 Å². The smallest absolute Gasteiger partial charge is 0.281 e. The summed E-state index contributed by atoms with van der Waals surface area (Å²) in [6.45, 7) is 0. The highest BCUT2D eigenvalue weighted by Gasteiger charge is 2.58. The monoisotopic (exact) mass is 400 g/mol. The number of rotatable bonds is 4. The molecule has 2 aliphatic heterocycles. The first kappa shape index (κ1) is 18.3. The maximum absolute atomic E-state index is 13.1. The Morgan fingerprint density at radius 3 is 2.57 bits per heavy atom. The number of nitrogens with zero attached hydrogens (tertiary/aromatic N) is 2. The average molecular weight is 401 g/mol. The number of hydrogen-bond acceptors (Lipinski definition) is 6. The summed E-state index contributed by atoms with van der Waals surface area (Å²) in [5.74, 6) is 0.327. The lowest BCUT2D eigenvalue weighted by molar-refractivity contribution is -0.136. The summed E-state index contributed by atoms with van der Waals surface area (Å²) in [6, 6.07) is 11.9. The summed E-state index contributed by atoms with van der Waals surface area (Å²) in [5, 5.41) is 4.54. The Bertz CT molecular complexity index is 1010. The molecule has 1 atom stereocenters. The van der Waals surface area contributed by atoms with Gasteiger partial charge in [0.25, 0.3) is 5.91 Å². The van der Waals surface area contributed by atoms with Crippen molar-refractivity contribution in [2.45, 2.75) is 18.4 Å². The van der Waals surface area contributed by atoms with Gasteiger partial charge in [-0.25, -0.2) is 4.90 Å². The molecule has 1 saturated heterocycles. The molecule has 0 aliphatic carbocycles. The van der Waals surface area contributed by atoms with Crippen molar-refractivity contribution in [1.29, 1.82) is 0 Å². The number of imide groups is 1. The van der Waals surface area contributed by atoms with Gasteiger partial charge in [-0.1, -0.05) is 22.8 Å². The van der Waals surface area contributed by atoms with Crippen LogP contribution in [0.3, 0.4) is 0 Å². The Labute approximate surface area is 166 Å². The maximum atomic E-state index is 13.1. The summed E-state index contributed by atoms with van der Waals surface area (Å²) in [4.78, 5) is 32.3. The largest absolute Gasteiger partial charge is 0.493 e. The molecule has 144 valence electrons. The topological polar surface area (TPSA) is 77.4 Å². The number of methoxy groups -OCH3 is 2. The summed E-state index contributed by atoms with van der Waals surface area (Å²) in [7, 11) is 3.09. The summed E-state index contributed by atoms with van der Waals surface area (Å²) in [6.07, 6.45) is 0.1000. The highest BCUT2D eigenvalue weighted by atomic mass is 35.5. The third-order valence-electron chi connectivity index (χ3n) is 4.85. The Hall–Kier alpha value is -3.06. The van der Waals surface area contributed by atoms with Gasteiger partial charge in [-0.2, -0.15) is 0 Å². The van der Waals surface area contributed by atoms with Gasteiger partial charge in [0.1, 0.15) is 0 Å². The lowest BCUT2D eigenvalue weighted by atomic mass is 9.92. The highest BCUT2D eigenvalue weighted by Crippen LogP contribution is 2.40. The zero-order valence-corrected chi connectivity index (χ0v) is 16.0. The molecule has 0 saturated carbocycles. The van der Waals surface area contributed by atoms with Crippen molar-refractivity contribution in [3.8, 4) is 11.5 Å². The predicted octanol–water partition coefficient (Wildman–Crippen LogP) is 3.18. The van der Waals surface area contributed by atoms with E-state index in [1.165, 1.54) is 7.11 Å². The number of oxime groups is 1. The quantitative estimate of drug-likeness (QED) is 0.736. The van der Waals surface area contributed by atoms with Gasteiger partial charge in [0.05, 0.1) is 32.0 Å². The third-order valence-corrected chi connectivity index (χ3v) is 5.08. The van der Waals surface area contributed by atoms with Crippen molar-refractivity contribution in [2.24, 2.45) is 5.16 Å². The van der Waals surface area contributed by atoms with Crippen molar-refractivity contribution in [1.82, 2.24) is 0 Å². The molecule has 0 radical (unpaired) electrons. The fourth-order valence-corrected chi connectivity index (χ4v) is 3.63. The van der Waals surface area contributed by atoms with Crippen LogP contribution in [0.25, 0.3) is 0 Å². The molecular formula is C20H17ClN2O5. The van der Waals surface area contributed by atoms with Gasteiger partial charge in [-0.15, -0.1) is 0 Å². The first-order valence-electron chi connectivity index (χ1n) is 8.58. The van der Waals surface area contributed by atoms with Crippen molar-refractivity contribution in [2.75, 3.05) is 19.1 Å².